The first-order chi connectivity index (χ1) is 15.3. The number of hydrogen-bond acceptors (Lipinski definition) is 2. The molecule has 1 fully saturated rings. The van der Waals surface area contributed by atoms with E-state index in [1.165, 1.54) is 12.1 Å². The fourth-order valence-electron chi connectivity index (χ4n) is 5.05. The number of nitrogens with one attached hydrogen (secondary N) is 1. The van der Waals surface area contributed by atoms with E-state index in [1.54, 1.807) is 30.5 Å². The third-order valence-electron chi connectivity index (χ3n) is 6.53. The van der Waals surface area contributed by atoms with Crippen molar-refractivity contribution in [2.24, 2.45) is 5.92 Å². The largest absolute Gasteiger partial charge is 0.399 e. The molecular formula is C24H20ClF4N3. The molecule has 8 heteroatoms. The van der Waals surface area contributed by atoms with E-state index in [1.807, 2.05) is 6.07 Å². The molecule has 5 rings (SSSR count). The molecule has 0 radical (unpaired) electrons. The summed E-state index contributed by atoms with van der Waals surface area (Å²) >= 11 is 5.97. The summed E-state index contributed by atoms with van der Waals surface area (Å²) in [6, 6.07) is 11.2. The molecular weight excluding hydrogens is 442 g/mol. The average molecular weight is 462 g/mol. The number of aromatic nitrogens is 3. The van der Waals surface area contributed by atoms with Gasteiger partial charge in [0, 0.05) is 16.6 Å². The SMILES string of the molecule is Fc1ccc2nccc([C@H]3CC[C@@H]([C@H](c4nc5cc(Cl)ccc5[nH]4)C(F)(F)F)CC3)c2c1. The lowest BCUT2D eigenvalue weighted by molar-refractivity contribution is -0.166. The highest BCUT2D eigenvalue weighted by molar-refractivity contribution is 6.31. The van der Waals surface area contributed by atoms with Gasteiger partial charge < -0.3 is 4.98 Å². The van der Waals surface area contributed by atoms with Crippen LogP contribution in [0.2, 0.25) is 5.02 Å². The number of halogens is 5. The number of hydrogen-bond donors (Lipinski definition) is 1. The Balaban J connectivity index is 1.41. The Hall–Kier alpha value is -2.67. The van der Waals surface area contributed by atoms with Crippen molar-refractivity contribution in [3.05, 3.63) is 70.9 Å². The van der Waals surface area contributed by atoms with Gasteiger partial charge in [-0.2, -0.15) is 13.2 Å². The standard InChI is InChI=1S/C24H20ClF4N3/c25-15-5-7-20-21(11-15)32-23(31-20)22(24(27,28)29)14-3-1-13(2-4-14)17-9-10-30-19-8-6-16(26)12-18(17)19/h5-14,22H,1-4H2,(H,31,32)/t13-,14+,22-/m1/s1. The van der Waals surface area contributed by atoms with Crippen LogP contribution in [0.3, 0.4) is 0 Å². The molecule has 0 amide bonds. The second-order valence-electron chi connectivity index (χ2n) is 8.48. The van der Waals surface area contributed by atoms with Gasteiger partial charge in [0.15, 0.2) is 0 Å². The van der Waals surface area contributed by atoms with E-state index in [0.29, 0.717) is 47.3 Å². The highest BCUT2D eigenvalue weighted by Crippen LogP contribution is 2.48. The highest BCUT2D eigenvalue weighted by atomic mass is 35.5. The quantitative estimate of drug-likeness (QED) is 0.320. The van der Waals surface area contributed by atoms with Gasteiger partial charge in [-0.1, -0.05) is 11.6 Å². The summed E-state index contributed by atoms with van der Waals surface area (Å²) in [5, 5.41) is 1.16. The van der Waals surface area contributed by atoms with Gasteiger partial charge in [-0.25, -0.2) is 9.37 Å². The van der Waals surface area contributed by atoms with E-state index in [4.69, 9.17) is 11.6 Å². The number of imidazole rings is 1. The molecule has 0 bridgehead atoms. The maximum Gasteiger partial charge on any atom is 0.399 e. The van der Waals surface area contributed by atoms with Crippen LogP contribution in [0.4, 0.5) is 17.6 Å². The average Bonchev–Trinajstić information content (AvgIpc) is 3.15. The van der Waals surface area contributed by atoms with Gasteiger partial charge in [-0.3, -0.25) is 4.98 Å². The first kappa shape index (κ1) is 21.2. The molecule has 2 aromatic carbocycles. The van der Waals surface area contributed by atoms with Crippen LogP contribution in [0.15, 0.2) is 48.7 Å². The van der Waals surface area contributed by atoms with E-state index < -0.39 is 18.0 Å². The summed E-state index contributed by atoms with van der Waals surface area (Å²) in [7, 11) is 0. The second kappa shape index (κ2) is 8.03. The molecule has 4 aromatic rings. The Labute approximate surface area is 186 Å². The molecule has 1 atom stereocenters. The Bertz CT molecular complexity index is 1280. The summed E-state index contributed by atoms with van der Waals surface area (Å²) in [6.07, 6.45) is -0.725. The van der Waals surface area contributed by atoms with Crippen LogP contribution in [0.1, 0.15) is 48.9 Å². The number of pyridine rings is 1. The number of benzene rings is 2. The van der Waals surface area contributed by atoms with Gasteiger partial charge >= 0.3 is 6.18 Å². The van der Waals surface area contributed by atoms with Crippen molar-refractivity contribution < 1.29 is 17.6 Å². The maximum absolute atomic E-state index is 14.1. The Morgan fingerprint density at radius 1 is 0.969 bits per heavy atom. The van der Waals surface area contributed by atoms with Crippen molar-refractivity contribution in [1.82, 2.24) is 15.0 Å². The smallest absolute Gasteiger partial charge is 0.341 e. The monoisotopic (exact) mass is 461 g/mol. The minimum atomic E-state index is -4.42. The fourth-order valence-corrected chi connectivity index (χ4v) is 5.22. The van der Waals surface area contributed by atoms with Gasteiger partial charge in [0.25, 0.3) is 0 Å². The second-order valence-corrected chi connectivity index (χ2v) is 8.91. The summed E-state index contributed by atoms with van der Waals surface area (Å²) in [5.74, 6) is -2.58. The first-order valence-electron chi connectivity index (χ1n) is 10.6. The Morgan fingerprint density at radius 3 is 2.50 bits per heavy atom. The van der Waals surface area contributed by atoms with Crippen LogP contribution in [0, 0.1) is 11.7 Å². The van der Waals surface area contributed by atoms with Crippen molar-refractivity contribution in [3.8, 4) is 0 Å². The molecule has 1 saturated carbocycles. The number of nitrogens with zero attached hydrogens (tertiary/aromatic N) is 2. The minimum Gasteiger partial charge on any atom is -0.341 e. The number of rotatable bonds is 3. The summed E-state index contributed by atoms with van der Waals surface area (Å²) in [5.41, 5.74) is 2.62. The maximum atomic E-state index is 14.1. The summed E-state index contributed by atoms with van der Waals surface area (Å²) < 4.78 is 56.2. The van der Waals surface area contributed by atoms with Crippen LogP contribution < -0.4 is 0 Å². The van der Waals surface area contributed by atoms with E-state index in [9.17, 15) is 17.6 Å². The van der Waals surface area contributed by atoms with Crippen LogP contribution in [-0.4, -0.2) is 21.1 Å². The van der Waals surface area contributed by atoms with Crippen molar-refractivity contribution in [2.75, 3.05) is 0 Å². The van der Waals surface area contributed by atoms with Crippen molar-refractivity contribution in [2.45, 2.75) is 43.7 Å². The third kappa shape index (κ3) is 3.94. The van der Waals surface area contributed by atoms with Crippen LogP contribution in [0.25, 0.3) is 21.9 Å². The lowest BCUT2D eigenvalue weighted by Gasteiger charge is -2.34. The molecule has 0 unspecified atom stereocenters. The zero-order valence-corrected chi connectivity index (χ0v) is 17.7. The Morgan fingerprint density at radius 2 is 1.75 bits per heavy atom. The molecule has 1 N–H and O–H groups in total. The van der Waals surface area contributed by atoms with E-state index >= 15 is 0 Å². The number of alkyl halides is 3. The number of aromatic amines is 1. The molecule has 1 aliphatic carbocycles. The van der Waals surface area contributed by atoms with Crippen molar-refractivity contribution in [1.29, 1.82) is 0 Å². The molecule has 32 heavy (non-hydrogen) atoms. The zero-order chi connectivity index (χ0) is 22.5. The van der Waals surface area contributed by atoms with E-state index in [-0.39, 0.29) is 17.6 Å². The molecule has 1 aliphatic rings. The molecule has 0 spiro atoms. The molecule has 2 heterocycles. The van der Waals surface area contributed by atoms with Crippen LogP contribution in [0.5, 0.6) is 0 Å². The van der Waals surface area contributed by atoms with Gasteiger partial charge in [0.2, 0.25) is 0 Å². The van der Waals surface area contributed by atoms with Gasteiger partial charge in [-0.05, 0) is 85.5 Å². The van der Waals surface area contributed by atoms with Crippen LogP contribution in [-0.2, 0) is 0 Å². The van der Waals surface area contributed by atoms with E-state index in [0.717, 1.165) is 10.9 Å². The van der Waals surface area contributed by atoms with Crippen LogP contribution >= 0.6 is 11.6 Å². The molecule has 3 nitrogen and oxygen atoms in total. The topological polar surface area (TPSA) is 41.6 Å². The van der Waals surface area contributed by atoms with E-state index in [2.05, 4.69) is 15.0 Å². The fraction of sp³-hybridized carbons (Fsp3) is 0.333. The highest BCUT2D eigenvalue weighted by Gasteiger charge is 2.48. The van der Waals surface area contributed by atoms with Gasteiger partial charge in [-0.15, -0.1) is 0 Å². The molecule has 0 saturated heterocycles. The van der Waals surface area contributed by atoms with Gasteiger partial charge in [0.1, 0.15) is 17.6 Å². The predicted octanol–water partition coefficient (Wildman–Crippen LogP) is 7.52. The first-order valence-corrected chi connectivity index (χ1v) is 10.9. The molecule has 166 valence electrons. The molecule has 2 aromatic heterocycles. The minimum absolute atomic E-state index is 0.0605. The normalized spacial score (nSPS) is 20.7. The number of fused-ring (bicyclic) bond motifs is 2. The van der Waals surface area contributed by atoms with Gasteiger partial charge in [0.05, 0.1) is 16.6 Å². The zero-order valence-electron chi connectivity index (χ0n) is 17.0. The summed E-state index contributed by atoms with van der Waals surface area (Å²) in [6.45, 7) is 0. The molecule has 0 aliphatic heterocycles. The third-order valence-corrected chi connectivity index (χ3v) is 6.77. The summed E-state index contributed by atoms with van der Waals surface area (Å²) in [4.78, 5) is 11.4. The van der Waals surface area contributed by atoms with Crippen molar-refractivity contribution >= 4 is 33.5 Å². The lowest BCUT2D eigenvalue weighted by atomic mass is 9.73. The predicted molar refractivity (Wildman–Crippen MR) is 116 cm³/mol. The lowest BCUT2D eigenvalue weighted by Crippen LogP contribution is -2.31. The Kier molecular flexibility index (Phi) is 5.32. The van der Waals surface area contributed by atoms with Crippen molar-refractivity contribution in [3.63, 3.8) is 0 Å². The number of H-pyrrole nitrogens is 1.